The number of hydrogen-bond acceptors (Lipinski definition) is 4. The van der Waals surface area contributed by atoms with E-state index in [1.807, 2.05) is 25.1 Å². The number of anilines is 2. The first-order valence-electron chi connectivity index (χ1n) is 8.51. The van der Waals surface area contributed by atoms with Crippen molar-refractivity contribution >= 4 is 40.9 Å². The second-order valence-electron chi connectivity index (χ2n) is 5.96. The molecule has 3 amide bonds. The number of nitrogens with zero attached hydrogens (tertiary/aromatic N) is 1. The first-order valence-corrected chi connectivity index (χ1v) is 9.50. The van der Waals surface area contributed by atoms with Gasteiger partial charge >= 0.3 is 0 Å². The molecule has 0 radical (unpaired) electrons. The van der Waals surface area contributed by atoms with E-state index in [1.54, 1.807) is 43.0 Å². The van der Waals surface area contributed by atoms with Crippen LogP contribution in [-0.4, -0.2) is 23.5 Å². The lowest BCUT2D eigenvalue weighted by molar-refractivity contribution is -0.121. The highest BCUT2D eigenvalue weighted by Crippen LogP contribution is 2.31. The molecule has 0 atom stereocenters. The topological polar surface area (TPSA) is 66.5 Å². The maximum Gasteiger partial charge on any atom is 0.256 e. The number of amides is 3. The van der Waals surface area contributed by atoms with Gasteiger partial charge in [0.25, 0.3) is 5.91 Å². The van der Waals surface area contributed by atoms with Gasteiger partial charge in [-0.25, -0.2) is 0 Å². The molecule has 26 heavy (non-hydrogen) atoms. The van der Waals surface area contributed by atoms with Crippen molar-refractivity contribution in [2.24, 2.45) is 0 Å². The SMILES string of the molecule is CCSc1ccccc1C(=O)Nc1cccc(N2C(=O)CCC2=O)c1C. The van der Waals surface area contributed by atoms with Crippen LogP contribution < -0.4 is 10.2 Å². The van der Waals surface area contributed by atoms with Gasteiger partial charge in [0.2, 0.25) is 11.8 Å². The quantitative estimate of drug-likeness (QED) is 0.640. The highest BCUT2D eigenvalue weighted by Gasteiger charge is 2.31. The van der Waals surface area contributed by atoms with E-state index < -0.39 is 0 Å². The van der Waals surface area contributed by atoms with Gasteiger partial charge in [0.05, 0.1) is 11.3 Å². The third kappa shape index (κ3) is 3.51. The zero-order chi connectivity index (χ0) is 18.7. The van der Waals surface area contributed by atoms with Crippen molar-refractivity contribution in [1.82, 2.24) is 0 Å². The molecule has 0 aromatic heterocycles. The molecule has 6 heteroatoms. The summed E-state index contributed by atoms with van der Waals surface area (Å²) in [6.45, 7) is 3.84. The van der Waals surface area contributed by atoms with Gasteiger partial charge in [-0.05, 0) is 42.5 Å². The summed E-state index contributed by atoms with van der Waals surface area (Å²) in [7, 11) is 0. The monoisotopic (exact) mass is 368 g/mol. The summed E-state index contributed by atoms with van der Waals surface area (Å²) >= 11 is 1.61. The largest absolute Gasteiger partial charge is 0.322 e. The predicted octanol–water partition coefficient (Wildman–Crippen LogP) is 4.01. The minimum absolute atomic E-state index is 0.203. The Labute approximate surface area is 156 Å². The van der Waals surface area contributed by atoms with E-state index in [9.17, 15) is 14.4 Å². The molecule has 0 aliphatic carbocycles. The van der Waals surface area contributed by atoms with E-state index in [0.29, 0.717) is 22.5 Å². The van der Waals surface area contributed by atoms with Crippen molar-refractivity contribution in [3.8, 4) is 0 Å². The van der Waals surface area contributed by atoms with Crippen molar-refractivity contribution in [2.45, 2.75) is 31.6 Å². The van der Waals surface area contributed by atoms with Crippen molar-refractivity contribution in [1.29, 1.82) is 0 Å². The van der Waals surface area contributed by atoms with Gasteiger partial charge in [-0.1, -0.05) is 25.1 Å². The summed E-state index contributed by atoms with van der Waals surface area (Å²) < 4.78 is 0. The van der Waals surface area contributed by atoms with Crippen LogP contribution in [0.1, 0.15) is 35.7 Å². The number of rotatable bonds is 5. The van der Waals surface area contributed by atoms with E-state index >= 15 is 0 Å². The molecule has 1 aliphatic heterocycles. The first kappa shape index (κ1) is 18.2. The number of benzene rings is 2. The van der Waals surface area contributed by atoms with Gasteiger partial charge in [0.1, 0.15) is 0 Å². The minimum atomic E-state index is -0.208. The Bertz CT molecular complexity index is 863. The molecule has 1 saturated heterocycles. The molecule has 0 spiro atoms. The molecule has 1 heterocycles. The predicted molar refractivity (Wildman–Crippen MR) is 104 cm³/mol. The third-order valence-electron chi connectivity index (χ3n) is 4.28. The molecule has 134 valence electrons. The molecule has 0 unspecified atom stereocenters. The highest BCUT2D eigenvalue weighted by molar-refractivity contribution is 7.99. The van der Waals surface area contributed by atoms with Gasteiger partial charge < -0.3 is 5.32 Å². The number of carbonyl (C=O) groups excluding carboxylic acids is 3. The summed E-state index contributed by atoms with van der Waals surface area (Å²) in [6.07, 6.45) is 0.465. The Morgan fingerprint density at radius 2 is 1.77 bits per heavy atom. The minimum Gasteiger partial charge on any atom is -0.322 e. The molecule has 0 bridgehead atoms. The number of thioether (sulfide) groups is 1. The number of carbonyl (C=O) groups is 3. The summed E-state index contributed by atoms with van der Waals surface area (Å²) in [5, 5.41) is 2.92. The van der Waals surface area contributed by atoms with Gasteiger partial charge in [0.15, 0.2) is 0 Å². The number of imide groups is 1. The van der Waals surface area contributed by atoms with Gasteiger partial charge in [-0.15, -0.1) is 11.8 Å². The standard InChI is InChI=1S/C20H20N2O3S/c1-3-26-17-10-5-4-7-14(17)20(25)21-15-8-6-9-16(13(15)2)22-18(23)11-12-19(22)24/h4-10H,3,11-12H2,1-2H3,(H,21,25). The Morgan fingerprint density at radius 1 is 1.08 bits per heavy atom. The average Bonchev–Trinajstić information content (AvgIpc) is 2.96. The average molecular weight is 368 g/mol. The van der Waals surface area contributed by atoms with E-state index in [4.69, 9.17) is 0 Å². The Balaban J connectivity index is 1.89. The lowest BCUT2D eigenvalue weighted by atomic mass is 10.1. The molecular formula is C20H20N2O3S. The molecule has 0 saturated carbocycles. The van der Waals surface area contributed by atoms with Crippen molar-refractivity contribution in [3.63, 3.8) is 0 Å². The van der Waals surface area contributed by atoms with Crippen molar-refractivity contribution < 1.29 is 14.4 Å². The zero-order valence-corrected chi connectivity index (χ0v) is 15.6. The zero-order valence-electron chi connectivity index (χ0n) is 14.7. The fourth-order valence-electron chi connectivity index (χ4n) is 2.97. The summed E-state index contributed by atoms with van der Waals surface area (Å²) in [6, 6.07) is 12.7. The number of nitrogens with one attached hydrogen (secondary N) is 1. The fraction of sp³-hybridized carbons (Fsp3) is 0.250. The lowest BCUT2D eigenvalue weighted by Gasteiger charge is -2.19. The second-order valence-corrected chi connectivity index (χ2v) is 7.26. The molecule has 3 rings (SSSR count). The fourth-order valence-corrected chi connectivity index (χ4v) is 3.77. The van der Waals surface area contributed by atoms with Crippen LogP contribution in [0.15, 0.2) is 47.4 Å². The molecule has 1 N–H and O–H groups in total. The molecule has 5 nitrogen and oxygen atoms in total. The maximum atomic E-state index is 12.8. The van der Waals surface area contributed by atoms with Crippen LogP contribution in [0.5, 0.6) is 0 Å². The summed E-state index contributed by atoms with van der Waals surface area (Å²) in [4.78, 5) is 38.9. The maximum absolute atomic E-state index is 12.8. The highest BCUT2D eigenvalue weighted by atomic mass is 32.2. The third-order valence-corrected chi connectivity index (χ3v) is 5.23. The molecule has 1 aliphatic rings. The van der Waals surface area contributed by atoms with Crippen LogP contribution >= 0.6 is 11.8 Å². The Morgan fingerprint density at radius 3 is 2.46 bits per heavy atom. The molecule has 2 aromatic carbocycles. The van der Waals surface area contributed by atoms with Crippen LogP contribution in [-0.2, 0) is 9.59 Å². The normalized spacial score (nSPS) is 14.0. The molecule has 1 fully saturated rings. The van der Waals surface area contributed by atoms with Gasteiger partial charge in [-0.2, -0.15) is 0 Å². The van der Waals surface area contributed by atoms with E-state index in [2.05, 4.69) is 5.32 Å². The van der Waals surface area contributed by atoms with Crippen LogP contribution in [0.25, 0.3) is 0 Å². The second kappa shape index (κ2) is 7.74. The molecular weight excluding hydrogens is 348 g/mol. The summed E-state index contributed by atoms with van der Waals surface area (Å²) in [5.41, 5.74) is 2.44. The van der Waals surface area contributed by atoms with Gasteiger partial charge in [0, 0.05) is 23.4 Å². The van der Waals surface area contributed by atoms with Crippen molar-refractivity contribution in [2.75, 3.05) is 16.0 Å². The van der Waals surface area contributed by atoms with Crippen molar-refractivity contribution in [3.05, 3.63) is 53.6 Å². The van der Waals surface area contributed by atoms with E-state index in [0.717, 1.165) is 10.6 Å². The number of hydrogen-bond donors (Lipinski definition) is 1. The molecule has 2 aromatic rings. The lowest BCUT2D eigenvalue weighted by Crippen LogP contribution is -2.29. The van der Waals surface area contributed by atoms with E-state index in [-0.39, 0.29) is 30.6 Å². The summed E-state index contributed by atoms with van der Waals surface area (Å²) in [5.74, 6) is 0.260. The van der Waals surface area contributed by atoms with E-state index in [1.165, 1.54) is 4.90 Å². The Kier molecular flexibility index (Phi) is 5.42. The van der Waals surface area contributed by atoms with Crippen LogP contribution in [0, 0.1) is 6.92 Å². The first-order chi connectivity index (χ1) is 12.5. The Hall–Kier alpha value is -2.60. The van der Waals surface area contributed by atoms with Crippen LogP contribution in [0.2, 0.25) is 0 Å². The van der Waals surface area contributed by atoms with Crippen LogP contribution in [0.4, 0.5) is 11.4 Å². The van der Waals surface area contributed by atoms with Gasteiger partial charge in [-0.3, -0.25) is 19.3 Å². The smallest absolute Gasteiger partial charge is 0.256 e. The van der Waals surface area contributed by atoms with Crippen LogP contribution in [0.3, 0.4) is 0 Å².